The van der Waals surface area contributed by atoms with E-state index in [2.05, 4.69) is 12.2 Å². The van der Waals surface area contributed by atoms with Crippen molar-refractivity contribution < 1.29 is 14.0 Å². The Morgan fingerprint density at radius 3 is 2.25 bits per heavy atom. The van der Waals surface area contributed by atoms with Gasteiger partial charge in [0.25, 0.3) is 0 Å². The largest absolute Gasteiger partial charge is 0.354 e. The van der Waals surface area contributed by atoms with E-state index < -0.39 is 6.04 Å². The first kappa shape index (κ1) is 21.6. The molecule has 2 amide bonds. The van der Waals surface area contributed by atoms with Crippen molar-refractivity contribution in [1.82, 2.24) is 10.2 Å². The monoisotopic (exact) mass is 384 g/mol. The van der Waals surface area contributed by atoms with Crippen molar-refractivity contribution in [2.24, 2.45) is 0 Å². The molecule has 0 bridgehead atoms. The van der Waals surface area contributed by atoms with Crippen LogP contribution in [0.1, 0.15) is 43.4 Å². The lowest BCUT2D eigenvalue weighted by atomic mass is 10.1. The van der Waals surface area contributed by atoms with E-state index in [-0.39, 0.29) is 24.1 Å². The molecule has 0 radical (unpaired) electrons. The van der Waals surface area contributed by atoms with Gasteiger partial charge in [0.2, 0.25) is 11.8 Å². The molecule has 1 N–H and O–H groups in total. The lowest BCUT2D eigenvalue weighted by molar-refractivity contribution is -0.140. The van der Waals surface area contributed by atoms with Crippen LogP contribution in [0.25, 0.3) is 0 Å². The topological polar surface area (TPSA) is 49.4 Å². The van der Waals surface area contributed by atoms with Crippen LogP contribution in [-0.4, -0.2) is 29.3 Å². The Morgan fingerprint density at radius 2 is 1.64 bits per heavy atom. The van der Waals surface area contributed by atoms with Crippen LogP contribution in [-0.2, 0) is 22.6 Å². The number of nitrogens with one attached hydrogen (secondary N) is 1. The third-order valence-electron chi connectivity index (χ3n) is 4.74. The second-order valence-electron chi connectivity index (χ2n) is 7.13. The highest BCUT2D eigenvalue weighted by molar-refractivity contribution is 5.88. The molecule has 4 nitrogen and oxygen atoms in total. The molecular weight excluding hydrogens is 355 g/mol. The van der Waals surface area contributed by atoms with Crippen LogP contribution in [0.3, 0.4) is 0 Å². The summed E-state index contributed by atoms with van der Waals surface area (Å²) < 4.78 is 13.1. The van der Waals surface area contributed by atoms with Gasteiger partial charge < -0.3 is 10.2 Å². The van der Waals surface area contributed by atoms with Gasteiger partial charge in [0.05, 0.1) is 6.42 Å². The van der Waals surface area contributed by atoms with E-state index in [4.69, 9.17) is 0 Å². The minimum Gasteiger partial charge on any atom is -0.354 e. The average molecular weight is 384 g/mol. The molecule has 0 heterocycles. The van der Waals surface area contributed by atoms with Crippen LogP contribution in [0.5, 0.6) is 0 Å². The summed E-state index contributed by atoms with van der Waals surface area (Å²) in [5.41, 5.74) is 2.82. The van der Waals surface area contributed by atoms with Crippen molar-refractivity contribution in [3.05, 3.63) is 71.0 Å². The van der Waals surface area contributed by atoms with Crippen LogP contribution in [0.2, 0.25) is 0 Å². The van der Waals surface area contributed by atoms with E-state index in [1.54, 1.807) is 24.0 Å². The number of carbonyl (C=O) groups is 2. The number of rotatable bonds is 9. The number of nitrogens with zero attached hydrogens (tertiary/aromatic N) is 1. The predicted molar refractivity (Wildman–Crippen MR) is 109 cm³/mol. The highest BCUT2D eigenvalue weighted by atomic mass is 19.1. The maximum atomic E-state index is 13.1. The highest BCUT2D eigenvalue weighted by Crippen LogP contribution is 2.14. The minimum absolute atomic E-state index is 0.124. The standard InChI is InChI=1S/C23H29FN2O2/c1-4-5-14-25-23(28)18(3)26(16-20-8-6-17(2)7-9-20)22(27)15-19-10-12-21(24)13-11-19/h6-13,18H,4-5,14-16H2,1-3H3,(H,25,28)/t18-/m0/s1. The van der Waals surface area contributed by atoms with Crippen LogP contribution < -0.4 is 5.32 Å². The predicted octanol–water partition coefficient (Wildman–Crippen LogP) is 4.01. The van der Waals surface area contributed by atoms with Crippen molar-refractivity contribution >= 4 is 11.8 Å². The SMILES string of the molecule is CCCCNC(=O)[C@H](C)N(Cc1ccc(C)cc1)C(=O)Cc1ccc(F)cc1. The molecule has 5 heteroatoms. The number of halogens is 1. The summed E-state index contributed by atoms with van der Waals surface area (Å²) in [5, 5.41) is 2.90. The fourth-order valence-electron chi connectivity index (χ4n) is 2.89. The lowest BCUT2D eigenvalue weighted by Crippen LogP contribution is -2.48. The lowest BCUT2D eigenvalue weighted by Gasteiger charge is -2.29. The number of aryl methyl sites for hydroxylation is 1. The average Bonchev–Trinajstić information content (AvgIpc) is 2.68. The fourth-order valence-corrected chi connectivity index (χ4v) is 2.89. The van der Waals surface area contributed by atoms with Crippen LogP contribution >= 0.6 is 0 Å². The van der Waals surface area contributed by atoms with E-state index in [1.807, 2.05) is 31.2 Å². The Kier molecular flexibility index (Phi) is 8.18. The maximum Gasteiger partial charge on any atom is 0.242 e. The second kappa shape index (κ2) is 10.6. The van der Waals surface area contributed by atoms with Gasteiger partial charge in [-0.15, -0.1) is 0 Å². The van der Waals surface area contributed by atoms with Crippen molar-refractivity contribution in [2.75, 3.05) is 6.54 Å². The highest BCUT2D eigenvalue weighted by Gasteiger charge is 2.26. The van der Waals surface area contributed by atoms with Gasteiger partial charge in [0, 0.05) is 13.1 Å². The van der Waals surface area contributed by atoms with Crippen LogP contribution in [0.4, 0.5) is 4.39 Å². The molecule has 2 aromatic carbocycles. The van der Waals surface area contributed by atoms with Crippen molar-refractivity contribution in [2.45, 2.75) is 52.6 Å². The van der Waals surface area contributed by atoms with Crippen molar-refractivity contribution in [1.29, 1.82) is 0 Å². The Morgan fingerprint density at radius 1 is 1.04 bits per heavy atom. The number of amides is 2. The summed E-state index contributed by atoms with van der Waals surface area (Å²) in [6.45, 7) is 6.77. The van der Waals surface area contributed by atoms with E-state index in [9.17, 15) is 14.0 Å². The zero-order valence-corrected chi connectivity index (χ0v) is 16.9. The summed E-state index contributed by atoms with van der Waals surface area (Å²) in [6.07, 6.45) is 2.02. The molecule has 0 aliphatic carbocycles. The van der Waals surface area contributed by atoms with E-state index >= 15 is 0 Å². The number of carbonyl (C=O) groups excluding carboxylic acids is 2. The van der Waals surface area contributed by atoms with Gasteiger partial charge in [0.15, 0.2) is 0 Å². The fraction of sp³-hybridized carbons (Fsp3) is 0.391. The number of benzene rings is 2. The first-order valence-electron chi connectivity index (χ1n) is 9.78. The number of unbranched alkanes of at least 4 members (excludes halogenated alkanes) is 1. The molecule has 0 aliphatic heterocycles. The molecule has 150 valence electrons. The number of hydrogen-bond donors (Lipinski definition) is 1. The quantitative estimate of drug-likeness (QED) is 0.664. The van der Waals surface area contributed by atoms with Gasteiger partial charge >= 0.3 is 0 Å². The van der Waals surface area contributed by atoms with E-state index in [0.717, 1.165) is 29.5 Å². The molecule has 0 fully saturated rings. The number of hydrogen-bond acceptors (Lipinski definition) is 2. The summed E-state index contributed by atoms with van der Waals surface area (Å²) in [4.78, 5) is 27.1. The first-order valence-corrected chi connectivity index (χ1v) is 9.78. The molecule has 0 saturated carbocycles. The van der Waals surface area contributed by atoms with E-state index in [0.29, 0.717) is 13.1 Å². The normalized spacial score (nSPS) is 11.7. The second-order valence-corrected chi connectivity index (χ2v) is 7.13. The molecule has 1 atom stereocenters. The Hall–Kier alpha value is -2.69. The van der Waals surface area contributed by atoms with Gasteiger partial charge in [-0.2, -0.15) is 0 Å². The molecular formula is C23H29FN2O2. The minimum atomic E-state index is -0.592. The molecule has 28 heavy (non-hydrogen) atoms. The van der Waals surface area contributed by atoms with Gasteiger partial charge in [0.1, 0.15) is 11.9 Å². The van der Waals surface area contributed by atoms with Crippen LogP contribution in [0, 0.1) is 12.7 Å². The Bertz CT molecular complexity index is 772. The van der Waals surface area contributed by atoms with Crippen LogP contribution in [0.15, 0.2) is 48.5 Å². The third kappa shape index (κ3) is 6.48. The molecule has 0 aromatic heterocycles. The Labute approximate surface area is 166 Å². The van der Waals surface area contributed by atoms with Gasteiger partial charge in [-0.05, 0) is 43.5 Å². The third-order valence-corrected chi connectivity index (χ3v) is 4.74. The summed E-state index contributed by atoms with van der Waals surface area (Å²) in [6, 6.07) is 13.2. The zero-order valence-electron chi connectivity index (χ0n) is 16.9. The summed E-state index contributed by atoms with van der Waals surface area (Å²) >= 11 is 0. The zero-order chi connectivity index (χ0) is 20.5. The van der Waals surface area contributed by atoms with Crippen molar-refractivity contribution in [3.63, 3.8) is 0 Å². The smallest absolute Gasteiger partial charge is 0.242 e. The molecule has 0 aliphatic rings. The first-order chi connectivity index (χ1) is 13.4. The summed E-state index contributed by atoms with van der Waals surface area (Å²) in [7, 11) is 0. The molecule has 2 rings (SSSR count). The molecule has 0 unspecified atom stereocenters. The Balaban J connectivity index is 2.15. The van der Waals surface area contributed by atoms with E-state index in [1.165, 1.54) is 12.1 Å². The molecule has 0 spiro atoms. The van der Waals surface area contributed by atoms with Gasteiger partial charge in [-0.25, -0.2) is 4.39 Å². The maximum absolute atomic E-state index is 13.1. The molecule has 0 saturated heterocycles. The summed E-state index contributed by atoms with van der Waals surface area (Å²) in [5.74, 6) is -0.658. The van der Waals surface area contributed by atoms with Crippen molar-refractivity contribution in [3.8, 4) is 0 Å². The molecule has 2 aromatic rings. The van der Waals surface area contributed by atoms with Gasteiger partial charge in [-0.3, -0.25) is 9.59 Å². The van der Waals surface area contributed by atoms with Gasteiger partial charge in [-0.1, -0.05) is 55.3 Å².